The smallest absolute Gasteiger partial charge is 0.223 e. The van der Waals surface area contributed by atoms with Crippen molar-refractivity contribution in [2.75, 3.05) is 20.2 Å². The van der Waals surface area contributed by atoms with Crippen LogP contribution in [0.2, 0.25) is 0 Å². The van der Waals surface area contributed by atoms with Crippen molar-refractivity contribution in [2.24, 2.45) is 11.7 Å². The summed E-state index contributed by atoms with van der Waals surface area (Å²) in [6, 6.07) is 8.66. The third-order valence-corrected chi connectivity index (χ3v) is 4.33. The van der Waals surface area contributed by atoms with Crippen LogP contribution in [0, 0.1) is 17.6 Å². The van der Waals surface area contributed by atoms with Crippen molar-refractivity contribution in [2.45, 2.75) is 33.4 Å². The van der Waals surface area contributed by atoms with E-state index in [0.717, 1.165) is 11.6 Å². The summed E-state index contributed by atoms with van der Waals surface area (Å²) >= 11 is 0. The van der Waals surface area contributed by atoms with E-state index in [2.05, 4.69) is 0 Å². The molecule has 0 spiro atoms. The Kier molecular flexibility index (Phi) is 8.39. The highest BCUT2D eigenvalue weighted by atomic mass is 19.1. The fourth-order valence-electron chi connectivity index (χ4n) is 2.87. The molecular formula is C22H28F2N2O3. The van der Waals surface area contributed by atoms with Crippen LogP contribution in [0.4, 0.5) is 8.78 Å². The monoisotopic (exact) mass is 406 g/mol. The number of carbonyl (C=O) groups excluding carboxylic acids is 1. The van der Waals surface area contributed by atoms with E-state index < -0.39 is 11.6 Å². The van der Waals surface area contributed by atoms with Gasteiger partial charge in [0.25, 0.3) is 0 Å². The van der Waals surface area contributed by atoms with Gasteiger partial charge in [0.2, 0.25) is 5.91 Å². The average Bonchev–Trinajstić information content (AvgIpc) is 2.67. The van der Waals surface area contributed by atoms with Gasteiger partial charge < -0.3 is 20.1 Å². The standard InChI is InChI=1S/C22H28F2N2O3/c1-15(2)10-22(27)26(9-8-25)13-16-4-7-20(21(11-16)28-3)29-14-17-5-6-18(23)12-19(17)24/h4-7,11-12,15H,8-10,13-14,25H2,1-3H3. The maximum absolute atomic E-state index is 13.8. The summed E-state index contributed by atoms with van der Waals surface area (Å²) in [5, 5.41) is 0. The minimum atomic E-state index is -0.665. The maximum atomic E-state index is 13.8. The van der Waals surface area contributed by atoms with Crippen LogP contribution in [-0.4, -0.2) is 31.0 Å². The Morgan fingerprint density at radius 3 is 2.52 bits per heavy atom. The quantitative estimate of drug-likeness (QED) is 0.650. The molecule has 0 aliphatic heterocycles. The molecule has 0 fully saturated rings. The lowest BCUT2D eigenvalue weighted by molar-refractivity contribution is -0.132. The molecule has 7 heteroatoms. The highest BCUT2D eigenvalue weighted by molar-refractivity contribution is 5.76. The zero-order chi connectivity index (χ0) is 21.4. The molecule has 1 amide bonds. The third-order valence-electron chi connectivity index (χ3n) is 4.33. The molecule has 2 rings (SSSR count). The summed E-state index contributed by atoms with van der Waals surface area (Å²) in [6.07, 6.45) is 0.460. The van der Waals surface area contributed by atoms with E-state index in [1.54, 1.807) is 17.0 Å². The summed E-state index contributed by atoms with van der Waals surface area (Å²) < 4.78 is 37.8. The van der Waals surface area contributed by atoms with E-state index in [9.17, 15) is 13.6 Å². The predicted octanol–water partition coefficient (Wildman–Crippen LogP) is 3.89. The lowest BCUT2D eigenvalue weighted by Crippen LogP contribution is -2.35. The van der Waals surface area contributed by atoms with Gasteiger partial charge in [-0.15, -0.1) is 0 Å². The van der Waals surface area contributed by atoms with Crippen molar-refractivity contribution in [3.05, 3.63) is 59.2 Å². The number of halogens is 2. The molecule has 0 aliphatic rings. The van der Waals surface area contributed by atoms with Gasteiger partial charge in [-0.05, 0) is 35.7 Å². The maximum Gasteiger partial charge on any atom is 0.223 e. The summed E-state index contributed by atoms with van der Waals surface area (Å²) in [5.41, 5.74) is 6.77. The highest BCUT2D eigenvalue weighted by Crippen LogP contribution is 2.29. The number of benzene rings is 2. The molecule has 0 atom stereocenters. The lowest BCUT2D eigenvalue weighted by atomic mass is 10.1. The van der Waals surface area contributed by atoms with Gasteiger partial charge in [0, 0.05) is 37.7 Å². The van der Waals surface area contributed by atoms with Gasteiger partial charge in [-0.25, -0.2) is 8.78 Å². The second-order valence-electron chi connectivity index (χ2n) is 7.21. The Balaban J connectivity index is 2.11. The van der Waals surface area contributed by atoms with Gasteiger partial charge in [-0.2, -0.15) is 0 Å². The van der Waals surface area contributed by atoms with Crippen LogP contribution < -0.4 is 15.2 Å². The average molecular weight is 406 g/mol. The summed E-state index contributed by atoms with van der Waals surface area (Å²) in [7, 11) is 1.51. The van der Waals surface area contributed by atoms with Crippen LogP contribution in [0.1, 0.15) is 31.4 Å². The van der Waals surface area contributed by atoms with E-state index >= 15 is 0 Å². The van der Waals surface area contributed by atoms with Crippen LogP contribution in [0.3, 0.4) is 0 Å². The highest BCUT2D eigenvalue weighted by Gasteiger charge is 2.16. The topological polar surface area (TPSA) is 64.8 Å². The number of rotatable bonds is 10. The SMILES string of the molecule is COc1cc(CN(CCN)C(=O)CC(C)C)ccc1OCc1ccc(F)cc1F. The first-order valence-electron chi connectivity index (χ1n) is 9.55. The van der Waals surface area contributed by atoms with Crippen molar-refractivity contribution < 1.29 is 23.0 Å². The lowest BCUT2D eigenvalue weighted by Gasteiger charge is -2.23. The zero-order valence-corrected chi connectivity index (χ0v) is 17.1. The Hall–Kier alpha value is -2.67. The molecular weight excluding hydrogens is 378 g/mol. The largest absolute Gasteiger partial charge is 0.493 e. The van der Waals surface area contributed by atoms with E-state index in [4.69, 9.17) is 15.2 Å². The Bertz CT molecular complexity index is 828. The molecule has 0 saturated carbocycles. The van der Waals surface area contributed by atoms with Gasteiger partial charge in [0.05, 0.1) is 7.11 Å². The van der Waals surface area contributed by atoms with E-state index in [1.807, 2.05) is 19.9 Å². The normalized spacial score (nSPS) is 10.9. The van der Waals surface area contributed by atoms with Crippen molar-refractivity contribution in [1.82, 2.24) is 4.90 Å². The van der Waals surface area contributed by atoms with E-state index in [0.29, 0.717) is 37.6 Å². The fraction of sp³-hybridized carbons (Fsp3) is 0.409. The van der Waals surface area contributed by atoms with Gasteiger partial charge in [-0.3, -0.25) is 4.79 Å². The van der Waals surface area contributed by atoms with Gasteiger partial charge >= 0.3 is 0 Å². The predicted molar refractivity (Wildman–Crippen MR) is 108 cm³/mol. The molecule has 0 heterocycles. The molecule has 0 unspecified atom stereocenters. The molecule has 2 N–H and O–H groups in total. The number of nitrogens with zero attached hydrogens (tertiary/aromatic N) is 1. The van der Waals surface area contributed by atoms with Crippen LogP contribution in [0.25, 0.3) is 0 Å². The number of carbonyl (C=O) groups is 1. The number of hydrogen-bond acceptors (Lipinski definition) is 4. The second-order valence-corrected chi connectivity index (χ2v) is 7.21. The first-order valence-corrected chi connectivity index (χ1v) is 9.55. The summed E-state index contributed by atoms with van der Waals surface area (Å²) in [4.78, 5) is 14.2. The summed E-state index contributed by atoms with van der Waals surface area (Å²) in [5.74, 6) is -0.0896. The molecule has 0 radical (unpaired) electrons. The molecule has 5 nitrogen and oxygen atoms in total. The van der Waals surface area contributed by atoms with Crippen molar-refractivity contribution in [1.29, 1.82) is 0 Å². The number of ether oxygens (including phenoxy) is 2. The number of nitrogens with two attached hydrogens (primary N) is 1. The minimum Gasteiger partial charge on any atom is -0.493 e. The van der Waals surface area contributed by atoms with Crippen LogP contribution in [0.5, 0.6) is 11.5 Å². The first-order chi connectivity index (χ1) is 13.8. The Morgan fingerprint density at radius 2 is 1.90 bits per heavy atom. The van der Waals surface area contributed by atoms with Crippen molar-refractivity contribution >= 4 is 5.91 Å². The molecule has 0 aromatic heterocycles. The van der Waals surface area contributed by atoms with Crippen molar-refractivity contribution in [3.63, 3.8) is 0 Å². The van der Waals surface area contributed by atoms with Crippen LogP contribution >= 0.6 is 0 Å². The third kappa shape index (κ3) is 6.71. The Morgan fingerprint density at radius 1 is 1.14 bits per heavy atom. The van der Waals surface area contributed by atoms with E-state index in [1.165, 1.54) is 19.2 Å². The molecule has 0 bridgehead atoms. The number of methoxy groups -OCH3 is 1. The van der Waals surface area contributed by atoms with Gasteiger partial charge in [0.1, 0.15) is 18.2 Å². The fourth-order valence-corrected chi connectivity index (χ4v) is 2.87. The van der Waals surface area contributed by atoms with E-state index in [-0.39, 0.29) is 24.0 Å². The second kappa shape index (κ2) is 10.8. The molecule has 2 aromatic rings. The summed E-state index contributed by atoms with van der Waals surface area (Å²) in [6.45, 7) is 5.19. The zero-order valence-electron chi connectivity index (χ0n) is 17.1. The Labute approximate surface area is 170 Å². The van der Waals surface area contributed by atoms with Gasteiger partial charge in [-0.1, -0.05) is 19.9 Å². The molecule has 29 heavy (non-hydrogen) atoms. The van der Waals surface area contributed by atoms with Crippen LogP contribution in [0.15, 0.2) is 36.4 Å². The molecule has 0 aliphatic carbocycles. The van der Waals surface area contributed by atoms with Crippen molar-refractivity contribution in [3.8, 4) is 11.5 Å². The van der Waals surface area contributed by atoms with Gasteiger partial charge in [0.15, 0.2) is 11.5 Å². The first kappa shape index (κ1) is 22.6. The molecule has 2 aromatic carbocycles. The van der Waals surface area contributed by atoms with Crippen LogP contribution in [-0.2, 0) is 17.9 Å². The molecule has 0 saturated heterocycles. The number of hydrogen-bond donors (Lipinski definition) is 1. The minimum absolute atomic E-state index is 0.0523. The number of amides is 1. The molecule has 158 valence electrons.